The Morgan fingerprint density at radius 3 is 2.11 bits per heavy atom. The molecule has 0 fully saturated rings. The summed E-state index contributed by atoms with van der Waals surface area (Å²) in [6.07, 6.45) is 0.562. The predicted octanol–water partition coefficient (Wildman–Crippen LogP) is 15.7. The number of aryl methyl sites for hydroxylation is 2. The minimum atomic E-state index is -2.20. The van der Waals surface area contributed by atoms with E-state index in [0.29, 0.717) is 0 Å². The standard InChI is InChI=1S/C39H35N2S.C18H24GeN.Ir/c1-23(2)30-21-28(27-12-8-7-9-13-27)22-31(24(3)4)37(30)41-34-15-11-10-14-33(34)40-39(41)29-18-17-26(6)36-32-20-25(5)16-19-35(32)42-38(29)36;1-14(2)11-16-12-18(15-9-7-6-8-10-15)20-13-17(16)19(3,4)5;/h7-17,19-24H,1-6H3;6-9,12-14H,11H2,1-5H3;/q2*-1;/i23D,24D;11D2;. The largest absolute Gasteiger partial charge is 0 e. The summed E-state index contributed by atoms with van der Waals surface area (Å²) >= 11 is -0.422. The van der Waals surface area contributed by atoms with E-state index in [-0.39, 0.29) is 26.0 Å². The molecule has 3 heterocycles. The summed E-state index contributed by atoms with van der Waals surface area (Å²) in [4.78, 5) is 9.87. The van der Waals surface area contributed by atoms with Crippen LogP contribution in [0.4, 0.5) is 0 Å². The Kier molecular flexibility index (Phi) is 12.5. The van der Waals surface area contributed by atoms with E-state index in [9.17, 15) is 2.74 Å². The molecule has 0 atom stereocenters. The van der Waals surface area contributed by atoms with Crippen LogP contribution in [0.3, 0.4) is 0 Å². The summed E-state index contributed by atoms with van der Waals surface area (Å²) < 4.78 is 41.7. The second-order valence-corrected chi connectivity index (χ2v) is 29.8. The van der Waals surface area contributed by atoms with Crippen LogP contribution in [0, 0.1) is 31.9 Å². The van der Waals surface area contributed by atoms with E-state index in [1.165, 1.54) is 26.6 Å². The monoisotopic (exact) mass is 1090 g/mol. The van der Waals surface area contributed by atoms with E-state index < -0.39 is 31.4 Å². The summed E-state index contributed by atoms with van der Waals surface area (Å²) in [6.45, 7) is 15.9. The normalized spacial score (nSPS) is 13.3. The number of hydrogen-bond donors (Lipinski definition) is 0. The van der Waals surface area contributed by atoms with Gasteiger partial charge in [0.15, 0.2) is 0 Å². The molecule has 9 rings (SSSR count). The van der Waals surface area contributed by atoms with Gasteiger partial charge >= 0.3 is 128 Å². The van der Waals surface area contributed by atoms with Crippen LogP contribution in [0.2, 0.25) is 17.3 Å². The van der Waals surface area contributed by atoms with Gasteiger partial charge in [0.05, 0.1) is 16.9 Å². The van der Waals surface area contributed by atoms with Crippen LogP contribution in [0.25, 0.3) is 70.7 Å². The minimum Gasteiger partial charge on any atom is 0 e. The first kappa shape index (κ1) is 41.1. The van der Waals surface area contributed by atoms with Gasteiger partial charge in [0.2, 0.25) is 0 Å². The zero-order valence-electron chi connectivity index (χ0n) is 42.3. The van der Waals surface area contributed by atoms with E-state index in [2.05, 4.69) is 107 Å². The second kappa shape index (κ2) is 19.2. The van der Waals surface area contributed by atoms with Crippen molar-refractivity contribution in [3.8, 4) is 39.5 Å². The number of pyridine rings is 1. The fraction of sp³-hybridized carbons (Fsp3) is 0.263. The van der Waals surface area contributed by atoms with Crippen molar-refractivity contribution in [1.29, 1.82) is 0 Å². The molecule has 0 unspecified atom stereocenters. The van der Waals surface area contributed by atoms with Crippen LogP contribution in [0.1, 0.15) is 86.6 Å². The zero-order chi connectivity index (χ0) is 47.5. The van der Waals surface area contributed by atoms with E-state index in [4.69, 9.17) is 7.73 Å². The second-order valence-electron chi connectivity index (χ2n) is 18.1. The van der Waals surface area contributed by atoms with Crippen molar-refractivity contribution in [2.45, 2.75) is 90.8 Å². The summed E-state index contributed by atoms with van der Waals surface area (Å²) in [7, 11) is 0. The van der Waals surface area contributed by atoms with Crippen LogP contribution in [-0.2, 0) is 26.5 Å². The van der Waals surface area contributed by atoms with Crippen molar-refractivity contribution in [1.82, 2.24) is 14.5 Å². The fourth-order valence-electron chi connectivity index (χ4n) is 8.30. The van der Waals surface area contributed by atoms with Crippen LogP contribution in [0.5, 0.6) is 0 Å². The average molecular weight is 1090 g/mol. The maximum Gasteiger partial charge on any atom is 0 e. The molecule has 0 spiro atoms. The molecular formula is C57H59GeIrN3S-2. The molecule has 0 bridgehead atoms. The molecule has 0 saturated carbocycles. The summed E-state index contributed by atoms with van der Waals surface area (Å²) in [5.74, 6) is 5.64. The predicted molar refractivity (Wildman–Crippen MR) is 271 cm³/mol. The zero-order valence-corrected chi connectivity index (χ0v) is 43.6. The summed E-state index contributed by atoms with van der Waals surface area (Å²) in [5.41, 5.74) is 12.4. The van der Waals surface area contributed by atoms with Gasteiger partial charge in [-0.1, -0.05) is 106 Å². The Labute approximate surface area is 401 Å². The van der Waals surface area contributed by atoms with Crippen LogP contribution in [0.15, 0.2) is 128 Å². The van der Waals surface area contributed by atoms with E-state index in [1.807, 2.05) is 114 Å². The first-order valence-electron chi connectivity index (χ1n) is 23.6. The SMILES string of the molecule is [2H]C(C)(C)c1cc(-c2ccccc2)cc(C([2H])(C)C)c1-n1c(-c2[c-]cc(C)c3c2sc2ccc(C)cc23)nc2ccccc21.[2H]C([2H])(c1cc(-c2[c-]cccc2)nc[c]1[Ge]([CH3])([CH3])[CH3])C(C)C.[Ir]. The quantitative estimate of drug-likeness (QED) is 0.107. The van der Waals surface area contributed by atoms with Crippen LogP contribution < -0.4 is 4.40 Å². The van der Waals surface area contributed by atoms with Gasteiger partial charge in [-0.3, -0.25) is 4.98 Å². The third-order valence-corrected chi connectivity index (χ3v) is 16.8. The van der Waals surface area contributed by atoms with Crippen LogP contribution >= 0.6 is 11.3 Å². The number of aromatic nitrogens is 3. The van der Waals surface area contributed by atoms with Crippen molar-refractivity contribution in [2.24, 2.45) is 5.92 Å². The first-order chi connectivity index (χ1) is 31.1. The van der Waals surface area contributed by atoms with Gasteiger partial charge in [-0.2, -0.15) is 11.3 Å². The van der Waals surface area contributed by atoms with E-state index in [0.717, 1.165) is 76.3 Å². The third kappa shape index (κ3) is 9.59. The number of thiophene rings is 1. The maximum absolute atomic E-state index is 9.41. The molecule has 6 heteroatoms. The topological polar surface area (TPSA) is 30.7 Å². The molecule has 63 heavy (non-hydrogen) atoms. The Hall–Kier alpha value is -4.65. The van der Waals surface area contributed by atoms with Gasteiger partial charge < -0.3 is 4.57 Å². The molecule has 0 aliphatic heterocycles. The Bertz CT molecular complexity index is 3200. The number of para-hydroxylation sites is 2. The molecule has 323 valence electrons. The van der Waals surface area contributed by atoms with Gasteiger partial charge in [0.25, 0.3) is 0 Å². The smallest absolute Gasteiger partial charge is 0 e. The van der Waals surface area contributed by atoms with Crippen molar-refractivity contribution < 1.29 is 25.6 Å². The molecular weight excluding hydrogens is 1020 g/mol. The maximum atomic E-state index is 9.41. The molecule has 0 aliphatic carbocycles. The molecule has 6 aromatic carbocycles. The van der Waals surface area contributed by atoms with Crippen LogP contribution in [-0.4, -0.2) is 27.8 Å². The molecule has 3 aromatic heterocycles. The van der Waals surface area contributed by atoms with Gasteiger partial charge in [0, 0.05) is 33.2 Å². The van der Waals surface area contributed by atoms with Crippen molar-refractivity contribution in [3.05, 3.63) is 167 Å². The number of fused-ring (bicyclic) bond motifs is 4. The summed E-state index contributed by atoms with van der Waals surface area (Å²) in [6, 6.07) is 48.0. The van der Waals surface area contributed by atoms with Gasteiger partial charge in [0.1, 0.15) is 0 Å². The van der Waals surface area contributed by atoms with Crippen molar-refractivity contribution in [2.75, 3.05) is 0 Å². The molecule has 3 nitrogen and oxygen atoms in total. The number of nitrogens with zero attached hydrogens (tertiary/aromatic N) is 3. The third-order valence-electron chi connectivity index (χ3n) is 11.3. The van der Waals surface area contributed by atoms with Gasteiger partial charge in [-0.05, 0) is 81.4 Å². The number of hydrogen-bond acceptors (Lipinski definition) is 3. The first-order valence-corrected chi connectivity index (χ1v) is 29.8. The van der Waals surface area contributed by atoms with E-state index in [1.54, 1.807) is 11.3 Å². The summed E-state index contributed by atoms with van der Waals surface area (Å²) in [5, 5.41) is 2.50. The molecule has 1 radical (unpaired) electrons. The minimum absolute atomic E-state index is 0. The van der Waals surface area contributed by atoms with Crippen molar-refractivity contribution in [3.63, 3.8) is 0 Å². The van der Waals surface area contributed by atoms with E-state index >= 15 is 0 Å². The fourth-order valence-corrected chi connectivity index (χ4v) is 12.5. The van der Waals surface area contributed by atoms with Gasteiger partial charge in [-0.25, -0.2) is 0 Å². The molecule has 0 N–H and O–H groups in total. The molecule has 9 aromatic rings. The molecule has 0 aliphatic rings. The Morgan fingerprint density at radius 1 is 0.778 bits per heavy atom. The number of rotatable bonds is 9. The van der Waals surface area contributed by atoms with Gasteiger partial charge in [-0.15, -0.1) is 17.7 Å². The van der Waals surface area contributed by atoms with Crippen molar-refractivity contribution >= 4 is 60.2 Å². The Morgan fingerprint density at radius 2 is 1.46 bits per heavy atom. The number of benzene rings is 6. The number of imidazole rings is 1. The Balaban J connectivity index is 0.000000245. The molecule has 0 amide bonds. The molecule has 0 saturated heterocycles. The average Bonchev–Trinajstić information content (AvgIpc) is 3.85.